The van der Waals surface area contributed by atoms with Gasteiger partial charge in [0.2, 0.25) is 5.89 Å². The first-order chi connectivity index (χ1) is 10.6. The molecule has 1 aromatic heterocycles. The van der Waals surface area contributed by atoms with Crippen LogP contribution in [0.4, 0.5) is 4.39 Å². The molecule has 0 spiro atoms. The fraction of sp³-hybridized carbons (Fsp3) is 0.176. The summed E-state index contributed by atoms with van der Waals surface area (Å²) >= 11 is 0. The van der Waals surface area contributed by atoms with Crippen LogP contribution in [-0.2, 0) is 6.61 Å². The van der Waals surface area contributed by atoms with Crippen molar-refractivity contribution in [1.82, 2.24) is 10.2 Å². The summed E-state index contributed by atoms with van der Waals surface area (Å²) in [5.41, 5.74) is 2.64. The van der Waals surface area contributed by atoms with Crippen molar-refractivity contribution >= 4 is 0 Å². The molecule has 0 aliphatic carbocycles. The van der Waals surface area contributed by atoms with Gasteiger partial charge in [0.25, 0.3) is 5.89 Å². The van der Waals surface area contributed by atoms with Gasteiger partial charge in [-0.3, -0.25) is 0 Å². The largest absolute Gasteiger partial charge is 0.483 e. The van der Waals surface area contributed by atoms with Crippen LogP contribution in [0.2, 0.25) is 0 Å². The molecule has 112 valence electrons. The molecule has 0 atom stereocenters. The summed E-state index contributed by atoms with van der Waals surface area (Å²) in [6.45, 7) is 4.14. The predicted octanol–water partition coefficient (Wildman–Crippen LogP) is 4.07. The molecule has 0 saturated heterocycles. The Morgan fingerprint density at radius 2 is 1.77 bits per heavy atom. The highest BCUT2D eigenvalue weighted by molar-refractivity contribution is 5.52. The molecule has 0 saturated carbocycles. The van der Waals surface area contributed by atoms with Gasteiger partial charge in [-0.2, -0.15) is 0 Å². The number of nitrogens with zero attached hydrogens (tertiary/aromatic N) is 2. The first kappa shape index (κ1) is 14.3. The lowest BCUT2D eigenvalue weighted by Gasteiger charge is -2.09. The number of hydrogen-bond acceptors (Lipinski definition) is 4. The van der Waals surface area contributed by atoms with E-state index in [4.69, 9.17) is 9.15 Å². The van der Waals surface area contributed by atoms with Crippen LogP contribution in [0, 0.1) is 19.7 Å². The molecule has 1 heterocycles. The van der Waals surface area contributed by atoms with E-state index in [2.05, 4.69) is 10.2 Å². The number of aryl methyl sites for hydroxylation is 2. The minimum absolute atomic E-state index is 0.175. The molecule has 3 aromatic rings. The van der Waals surface area contributed by atoms with E-state index < -0.39 is 0 Å². The van der Waals surface area contributed by atoms with E-state index in [1.165, 1.54) is 12.1 Å². The highest BCUT2D eigenvalue weighted by Crippen LogP contribution is 2.24. The summed E-state index contributed by atoms with van der Waals surface area (Å²) in [6.07, 6.45) is 0. The van der Waals surface area contributed by atoms with Gasteiger partial charge in [0.15, 0.2) is 6.61 Å². The maximum absolute atomic E-state index is 13.2. The molecule has 0 bridgehead atoms. The minimum Gasteiger partial charge on any atom is -0.483 e. The molecule has 0 aliphatic heterocycles. The lowest BCUT2D eigenvalue weighted by atomic mass is 10.1. The Bertz CT molecular complexity index is 779. The fourth-order valence-electron chi connectivity index (χ4n) is 2.21. The number of aromatic nitrogens is 2. The second-order valence-corrected chi connectivity index (χ2v) is 5.02. The number of halogens is 1. The third-order valence-electron chi connectivity index (χ3n) is 3.29. The maximum Gasteiger partial charge on any atom is 0.254 e. The van der Waals surface area contributed by atoms with Crippen LogP contribution in [-0.4, -0.2) is 10.2 Å². The van der Waals surface area contributed by atoms with E-state index in [1.807, 2.05) is 32.0 Å². The Hall–Kier alpha value is -2.69. The number of ether oxygens (including phenoxy) is 1. The van der Waals surface area contributed by atoms with Crippen LogP contribution in [0.25, 0.3) is 11.5 Å². The van der Waals surface area contributed by atoms with Gasteiger partial charge >= 0.3 is 0 Å². The predicted molar refractivity (Wildman–Crippen MR) is 79.9 cm³/mol. The molecule has 4 nitrogen and oxygen atoms in total. The van der Waals surface area contributed by atoms with Gasteiger partial charge in [0, 0.05) is 5.56 Å². The smallest absolute Gasteiger partial charge is 0.254 e. The van der Waals surface area contributed by atoms with Gasteiger partial charge < -0.3 is 9.15 Å². The quantitative estimate of drug-likeness (QED) is 0.728. The summed E-state index contributed by atoms with van der Waals surface area (Å²) in [4.78, 5) is 0. The summed E-state index contributed by atoms with van der Waals surface area (Å²) in [5, 5.41) is 7.85. The number of rotatable bonds is 4. The molecule has 3 rings (SSSR count). The molecular weight excluding hydrogens is 283 g/mol. The van der Waals surface area contributed by atoms with Crippen LogP contribution in [0.15, 0.2) is 46.9 Å². The Balaban J connectivity index is 1.75. The summed E-state index contributed by atoms with van der Waals surface area (Å²) in [6, 6.07) is 12.0. The second-order valence-electron chi connectivity index (χ2n) is 5.02. The topological polar surface area (TPSA) is 48.2 Å². The van der Waals surface area contributed by atoms with Crippen molar-refractivity contribution in [2.45, 2.75) is 20.5 Å². The monoisotopic (exact) mass is 298 g/mol. The summed E-state index contributed by atoms with van der Waals surface area (Å²) in [5.74, 6) is 1.10. The van der Waals surface area contributed by atoms with Crippen LogP contribution in [0.5, 0.6) is 5.75 Å². The Labute approximate surface area is 127 Å². The van der Waals surface area contributed by atoms with E-state index >= 15 is 0 Å². The van der Waals surface area contributed by atoms with E-state index in [9.17, 15) is 4.39 Å². The van der Waals surface area contributed by atoms with Gasteiger partial charge in [-0.05, 0) is 43.2 Å². The molecule has 2 aromatic carbocycles. The van der Waals surface area contributed by atoms with Crippen molar-refractivity contribution in [1.29, 1.82) is 0 Å². The first-order valence-electron chi connectivity index (χ1n) is 6.91. The van der Waals surface area contributed by atoms with Crippen LogP contribution >= 0.6 is 0 Å². The third-order valence-corrected chi connectivity index (χ3v) is 3.29. The summed E-state index contributed by atoms with van der Waals surface area (Å²) < 4.78 is 24.5. The van der Waals surface area contributed by atoms with Gasteiger partial charge in [-0.25, -0.2) is 4.39 Å². The van der Waals surface area contributed by atoms with E-state index in [0.29, 0.717) is 11.5 Å². The van der Waals surface area contributed by atoms with Crippen LogP contribution in [0.3, 0.4) is 0 Å². The Morgan fingerprint density at radius 3 is 2.50 bits per heavy atom. The normalized spacial score (nSPS) is 10.7. The van der Waals surface area contributed by atoms with Crippen LogP contribution < -0.4 is 4.74 Å². The first-order valence-corrected chi connectivity index (χ1v) is 6.91. The van der Waals surface area contributed by atoms with Crippen LogP contribution in [0.1, 0.15) is 17.0 Å². The van der Waals surface area contributed by atoms with Crippen molar-refractivity contribution in [3.63, 3.8) is 0 Å². The number of para-hydroxylation sites is 1. The van der Waals surface area contributed by atoms with Gasteiger partial charge in [0.05, 0.1) is 0 Å². The Morgan fingerprint density at radius 1 is 1.05 bits per heavy atom. The lowest BCUT2D eigenvalue weighted by molar-refractivity contribution is 0.261. The average molecular weight is 298 g/mol. The molecule has 0 radical (unpaired) electrons. The molecule has 0 aliphatic rings. The van der Waals surface area contributed by atoms with E-state index in [0.717, 1.165) is 16.9 Å². The molecule has 0 unspecified atom stereocenters. The van der Waals surface area contributed by atoms with Gasteiger partial charge in [-0.15, -0.1) is 10.2 Å². The van der Waals surface area contributed by atoms with Crippen molar-refractivity contribution in [2.75, 3.05) is 0 Å². The highest BCUT2D eigenvalue weighted by atomic mass is 19.1. The highest BCUT2D eigenvalue weighted by Gasteiger charge is 2.11. The second kappa shape index (κ2) is 5.97. The van der Waals surface area contributed by atoms with Crippen molar-refractivity contribution in [3.8, 4) is 17.2 Å². The molecule has 0 fully saturated rings. The molecule has 0 N–H and O–H groups in total. The zero-order valence-electron chi connectivity index (χ0n) is 12.3. The molecule has 5 heteroatoms. The molecule has 0 amide bonds. The van der Waals surface area contributed by atoms with Gasteiger partial charge in [-0.1, -0.05) is 24.3 Å². The zero-order valence-corrected chi connectivity index (χ0v) is 12.3. The maximum atomic E-state index is 13.2. The minimum atomic E-state index is -0.343. The number of benzene rings is 2. The van der Waals surface area contributed by atoms with E-state index in [-0.39, 0.29) is 18.3 Å². The number of hydrogen-bond donors (Lipinski definition) is 0. The lowest BCUT2D eigenvalue weighted by Crippen LogP contribution is -1.99. The molecule has 22 heavy (non-hydrogen) atoms. The van der Waals surface area contributed by atoms with Crippen molar-refractivity contribution in [2.24, 2.45) is 0 Å². The third kappa shape index (κ3) is 2.98. The zero-order chi connectivity index (χ0) is 15.5. The fourth-order valence-corrected chi connectivity index (χ4v) is 2.21. The average Bonchev–Trinajstić information content (AvgIpc) is 2.96. The van der Waals surface area contributed by atoms with Crippen molar-refractivity contribution in [3.05, 3.63) is 65.3 Å². The van der Waals surface area contributed by atoms with Gasteiger partial charge in [0.1, 0.15) is 11.6 Å². The summed E-state index contributed by atoms with van der Waals surface area (Å²) in [7, 11) is 0. The van der Waals surface area contributed by atoms with E-state index in [1.54, 1.807) is 12.1 Å². The Kier molecular flexibility index (Phi) is 3.87. The standard InChI is InChI=1S/C17H15FN2O2/c1-11-5-3-6-12(2)16(11)21-10-15-19-20-17(22-15)13-7-4-8-14(18)9-13/h3-9H,10H2,1-2H3. The molecular formula is C17H15FN2O2. The van der Waals surface area contributed by atoms with Crippen molar-refractivity contribution < 1.29 is 13.5 Å². The SMILES string of the molecule is Cc1cccc(C)c1OCc1nnc(-c2cccc(F)c2)o1.